The number of anilines is 1. The van der Waals surface area contributed by atoms with Crippen LogP contribution >= 0.6 is 23.2 Å². The van der Waals surface area contributed by atoms with Gasteiger partial charge in [-0.3, -0.25) is 14.5 Å². The largest absolute Gasteiger partial charge is 0.454 e. The lowest BCUT2D eigenvalue weighted by Gasteiger charge is -2.34. The quantitative estimate of drug-likeness (QED) is 0.210. The summed E-state index contributed by atoms with van der Waals surface area (Å²) >= 11 is 12.0. The maximum absolute atomic E-state index is 13.6. The van der Waals surface area contributed by atoms with Crippen LogP contribution in [-0.2, 0) is 13.6 Å². The first-order valence-electron chi connectivity index (χ1n) is 14.7. The molecule has 3 aromatic carbocycles. The van der Waals surface area contributed by atoms with Gasteiger partial charge >= 0.3 is 0 Å². The molecule has 234 valence electrons. The second-order valence-electron chi connectivity index (χ2n) is 11.1. The molecular weight excluding hydrogens is 629 g/mol. The lowest BCUT2D eigenvalue weighted by molar-refractivity contribution is 0.0619. The number of nitrogens with zero attached hydrogens (tertiary/aromatic N) is 4. The molecule has 5 aromatic rings. The number of pyridine rings is 1. The normalized spacial score (nSPS) is 14.5. The Hall–Kier alpha value is -4.77. The van der Waals surface area contributed by atoms with E-state index >= 15 is 0 Å². The SMILES string of the molecule is Cn1c(C(=O)N2CCN(Cc3ccc4c(c3)OCO4)CC2)cc2ccc(Oc3ccc(NC(=O)c4ccc(Cl)c(Cl)c4)cn3)cc21. The van der Waals surface area contributed by atoms with E-state index in [2.05, 4.69) is 21.3 Å². The van der Waals surface area contributed by atoms with Gasteiger partial charge in [0, 0.05) is 62.9 Å². The molecule has 46 heavy (non-hydrogen) atoms. The number of aryl methyl sites for hydroxylation is 1. The number of carbonyl (C=O) groups is 2. The number of benzene rings is 3. The van der Waals surface area contributed by atoms with Gasteiger partial charge in [-0.1, -0.05) is 29.3 Å². The lowest BCUT2D eigenvalue weighted by Crippen LogP contribution is -2.48. The monoisotopic (exact) mass is 657 g/mol. The molecule has 0 unspecified atom stereocenters. The summed E-state index contributed by atoms with van der Waals surface area (Å²) in [6, 6.07) is 21.6. The molecule has 2 aliphatic heterocycles. The molecule has 12 heteroatoms. The lowest BCUT2D eigenvalue weighted by atomic mass is 10.1. The third-order valence-electron chi connectivity index (χ3n) is 8.14. The Bertz CT molecular complexity index is 1950. The summed E-state index contributed by atoms with van der Waals surface area (Å²) in [5.41, 5.74) is 3.53. The van der Waals surface area contributed by atoms with Crippen molar-refractivity contribution in [3.8, 4) is 23.1 Å². The molecule has 0 atom stereocenters. The van der Waals surface area contributed by atoms with Crippen molar-refractivity contribution < 1.29 is 23.8 Å². The number of carbonyl (C=O) groups excluding carboxylic acids is 2. The fourth-order valence-electron chi connectivity index (χ4n) is 5.62. The Balaban J connectivity index is 0.967. The predicted octanol–water partition coefficient (Wildman–Crippen LogP) is 6.61. The standard InChI is InChI=1S/C34H29Cl2N5O5/c1-39-28-17-25(46-32-9-5-24(18-37-32)38-33(42)23-4-7-26(35)27(36)15-23)6-3-22(28)16-29(39)34(43)41-12-10-40(11-13-41)19-21-2-8-30-31(14-21)45-20-44-30/h2-9,14-18H,10-13,19-20H2,1H3,(H,38,42). The highest BCUT2D eigenvalue weighted by atomic mass is 35.5. The number of hydrogen-bond donors (Lipinski definition) is 1. The molecule has 2 amide bonds. The van der Waals surface area contributed by atoms with Crippen LogP contribution in [0.3, 0.4) is 0 Å². The van der Waals surface area contributed by atoms with Crippen LogP contribution in [0.5, 0.6) is 23.1 Å². The van der Waals surface area contributed by atoms with Gasteiger partial charge in [-0.05, 0) is 60.2 Å². The van der Waals surface area contributed by atoms with Crippen LogP contribution in [-0.4, -0.2) is 64.1 Å². The van der Waals surface area contributed by atoms with Crippen molar-refractivity contribution in [2.45, 2.75) is 6.54 Å². The number of halogens is 2. The van der Waals surface area contributed by atoms with Gasteiger partial charge in [-0.25, -0.2) is 4.98 Å². The van der Waals surface area contributed by atoms with Crippen molar-refractivity contribution >= 4 is 51.6 Å². The van der Waals surface area contributed by atoms with Crippen LogP contribution in [0.1, 0.15) is 26.4 Å². The minimum absolute atomic E-state index is 0.00377. The van der Waals surface area contributed by atoms with E-state index < -0.39 is 0 Å². The van der Waals surface area contributed by atoms with E-state index in [1.807, 2.05) is 52.9 Å². The molecule has 4 heterocycles. The third-order valence-corrected chi connectivity index (χ3v) is 8.88. The van der Waals surface area contributed by atoms with E-state index in [9.17, 15) is 9.59 Å². The number of aromatic nitrogens is 2. The number of fused-ring (bicyclic) bond motifs is 2. The predicted molar refractivity (Wildman–Crippen MR) is 175 cm³/mol. The fraction of sp³-hybridized carbons (Fsp3) is 0.206. The molecule has 2 aromatic heterocycles. The zero-order chi connectivity index (χ0) is 31.8. The number of rotatable bonds is 7. The number of nitrogens with one attached hydrogen (secondary N) is 1. The van der Waals surface area contributed by atoms with Gasteiger partial charge in [-0.15, -0.1) is 0 Å². The first kappa shape index (κ1) is 29.9. The Morgan fingerprint density at radius 2 is 1.72 bits per heavy atom. The summed E-state index contributed by atoms with van der Waals surface area (Å²) in [5.74, 6) is 2.16. The van der Waals surface area contributed by atoms with Gasteiger partial charge in [0.25, 0.3) is 11.8 Å². The number of amides is 2. The topological polar surface area (TPSA) is 98.2 Å². The Morgan fingerprint density at radius 1 is 0.891 bits per heavy atom. The molecule has 2 aliphatic rings. The van der Waals surface area contributed by atoms with E-state index in [4.69, 9.17) is 37.4 Å². The molecule has 0 aliphatic carbocycles. The van der Waals surface area contributed by atoms with Gasteiger partial charge in [0.2, 0.25) is 12.7 Å². The zero-order valence-electron chi connectivity index (χ0n) is 24.8. The molecule has 10 nitrogen and oxygen atoms in total. The summed E-state index contributed by atoms with van der Waals surface area (Å²) in [6.45, 7) is 3.92. The first-order valence-corrected chi connectivity index (χ1v) is 15.5. The van der Waals surface area contributed by atoms with Gasteiger partial charge in [0.1, 0.15) is 11.4 Å². The molecule has 0 bridgehead atoms. The Morgan fingerprint density at radius 3 is 2.50 bits per heavy atom. The summed E-state index contributed by atoms with van der Waals surface area (Å²) in [4.78, 5) is 34.7. The van der Waals surface area contributed by atoms with Crippen molar-refractivity contribution in [2.24, 2.45) is 7.05 Å². The van der Waals surface area contributed by atoms with Crippen molar-refractivity contribution in [1.82, 2.24) is 19.4 Å². The molecule has 1 saturated heterocycles. The van der Waals surface area contributed by atoms with Crippen LogP contribution in [0.25, 0.3) is 10.9 Å². The summed E-state index contributed by atoms with van der Waals surface area (Å²) in [5, 5.41) is 4.40. The Kier molecular flexibility index (Phi) is 8.16. The van der Waals surface area contributed by atoms with Crippen LogP contribution in [0.4, 0.5) is 5.69 Å². The summed E-state index contributed by atoms with van der Waals surface area (Å²) in [6.07, 6.45) is 1.51. The molecular formula is C34H29Cl2N5O5. The number of hydrogen-bond acceptors (Lipinski definition) is 7. The zero-order valence-corrected chi connectivity index (χ0v) is 26.3. The minimum atomic E-state index is -0.336. The highest BCUT2D eigenvalue weighted by Gasteiger charge is 2.25. The van der Waals surface area contributed by atoms with Crippen LogP contribution in [0.2, 0.25) is 10.0 Å². The average molecular weight is 659 g/mol. The molecule has 0 saturated carbocycles. The van der Waals surface area contributed by atoms with E-state index in [1.165, 1.54) is 12.3 Å². The summed E-state index contributed by atoms with van der Waals surface area (Å²) < 4.78 is 18.8. The van der Waals surface area contributed by atoms with Crippen molar-refractivity contribution in [1.29, 1.82) is 0 Å². The third kappa shape index (κ3) is 6.19. The van der Waals surface area contributed by atoms with Gasteiger partial charge < -0.3 is 29.0 Å². The molecule has 0 radical (unpaired) electrons. The minimum Gasteiger partial charge on any atom is -0.454 e. The van der Waals surface area contributed by atoms with Gasteiger partial charge in [0.05, 0.1) is 27.4 Å². The van der Waals surface area contributed by atoms with E-state index in [1.54, 1.807) is 24.3 Å². The number of piperazine rings is 1. The van der Waals surface area contributed by atoms with Crippen LogP contribution in [0, 0.1) is 0 Å². The van der Waals surface area contributed by atoms with E-state index in [0.29, 0.717) is 51.7 Å². The molecule has 1 fully saturated rings. The Labute approximate surface area is 275 Å². The maximum atomic E-state index is 13.6. The number of ether oxygens (including phenoxy) is 3. The average Bonchev–Trinajstić information content (AvgIpc) is 3.67. The van der Waals surface area contributed by atoms with E-state index in [0.717, 1.165) is 47.6 Å². The maximum Gasteiger partial charge on any atom is 0.270 e. The second kappa shape index (κ2) is 12.6. The van der Waals surface area contributed by atoms with Crippen LogP contribution < -0.4 is 19.5 Å². The smallest absolute Gasteiger partial charge is 0.270 e. The highest BCUT2D eigenvalue weighted by molar-refractivity contribution is 6.42. The van der Waals surface area contributed by atoms with Gasteiger partial charge in [-0.2, -0.15) is 0 Å². The molecule has 0 spiro atoms. The fourth-order valence-corrected chi connectivity index (χ4v) is 5.92. The summed E-state index contributed by atoms with van der Waals surface area (Å²) in [7, 11) is 1.89. The second-order valence-corrected chi connectivity index (χ2v) is 11.9. The van der Waals surface area contributed by atoms with E-state index in [-0.39, 0.29) is 18.6 Å². The van der Waals surface area contributed by atoms with Crippen LogP contribution in [0.15, 0.2) is 79.0 Å². The van der Waals surface area contributed by atoms with Crippen molar-refractivity contribution in [2.75, 3.05) is 38.3 Å². The van der Waals surface area contributed by atoms with Crippen molar-refractivity contribution in [3.05, 3.63) is 106 Å². The van der Waals surface area contributed by atoms with Crippen molar-refractivity contribution in [3.63, 3.8) is 0 Å². The highest BCUT2D eigenvalue weighted by Crippen LogP contribution is 2.33. The molecule has 7 rings (SSSR count). The first-order chi connectivity index (χ1) is 22.3. The van der Waals surface area contributed by atoms with Gasteiger partial charge in [0.15, 0.2) is 11.5 Å². The molecule has 1 N–H and O–H groups in total.